The summed E-state index contributed by atoms with van der Waals surface area (Å²) in [5.74, 6) is 1.50. The number of rotatable bonds is 0. The van der Waals surface area contributed by atoms with E-state index in [4.69, 9.17) is 0 Å². The number of hydrogen-bond acceptors (Lipinski definition) is 1. The molecule has 0 saturated heterocycles. The van der Waals surface area contributed by atoms with Crippen LogP contribution in [0.15, 0.2) is 0 Å². The molecule has 0 radical (unpaired) electrons. The summed E-state index contributed by atoms with van der Waals surface area (Å²) < 4.78 is 0. The van der Waals surface area contributed by atoms with Gasteiger partial charge in [-0.2, -0.15) is 0 Å². The van der Waals surface area contributed by atoms with E-state index in [-0.39, 0.29) is 4.83 Å². The minimum Gasteiger partial charge on any atom is -0.298 e. The van der Waals surface area contributed by atoms with Crippen LogP contribution in [0.5, 0.6) is 0 Å². The largest absolute Gasteiger partial charge is 0.298 e. The van der Waals surface area contributed by atoms with Crippen LogP contribution >= 0.6 is 15.9 Å². The molecule has 0 aliphatic heterocycles. The van der Waals surface area contributed by atoms with Crippen molar-refractivity contribution >= 4 is 21.7 Å². The Bertz CT molecular complexity index is 156. The summed E-state index contributed by atoms with van der Waals surface area (Å²) >= 11 is 3.45. The fourth-order valence-corrected chi connectivity index (χ4v) is 2.02. The van der Waals surface area contributed by atoms with Crippen LogP contribution < -0.4 is 0 Å². The molecular formula is C9H15BrO. The van der Waals surface area contributed by atoms with Gasteiger partial charge < -0.3 is 0 Å². The van der Waals surface area contributed by atoms with Gasteiger partial charge in [0.2, 0.25) is 0 Å². The average molecular weight is 219 g/mol. The number of alkyl halides is 1. The molecule has 0 N–H and O–H groups in total. The number of ketones is 1. The summed E-state index contributed by atoms with van der Waals surface area (Å²) in [7, 11) is 0. The molecule has 1 nitrogen and oxygen atoms in total. The lowest BCUT2D eigenvalue weighted by atomic mass is 10.0. The molecule has 1 fully saturated rings. The lowest BCUT2D eigenvalue weighted by Gasteiger charge is -2.11. The quantitative estimate of drug-likeness (QED) is 0.452. The molecule has 11 heavy (non-hydrogen) atoms. The fourth-order valence-electron chi connectivity index (χ4n) is 1.57. The van der Waals surface area contributed by atoms with Gasteiger partial charge >= 0.3 is 0 Å². The van der Waals surface area contributed by atoms with Gasteiger partial charge in [-0.1, -0.05) is 29.8 Å². The van der Waals surface area contributed by atoms with Crippen LogP contribution in [0.4, 0.5) is 0 Å². The molecule has 0 heterocycles. The molecule has 1 rings (SSSR count). The Balaban J connectivity index is 2.61. The van der Waals surface area contributed by atoms with Gasteiger partial charge in [-0.05, 0) is 24.7 Å². The maximum Gasteiger partial charge on any atom is 0.147 e. The van der Waals surface area contributed by atoms with Crippen molar-refractivity contribution in [3.63, 3.8) is 0 Å². The van der Waals surface area contributed by atoms with Gasteiger partial charge in [-0.3, -0.25) is 4.79 Å². The first-order valence-corrected chi connectivity index (χ1v) is 5.19. The smallest absolute Gasteiger partial charge is 0.147 e. The molecular weight excluding hydrogens is 204 g/mol. The summed E-state index contributed by atoms with van der Waals surface area (Å²) in [6.07, 6.45) is 3.15. The monoisotopic (exact) mass is 218 g/mol. The molecule has 64 valence electrons. The zero-order valence-electron chi connectivity index (χ0n) is 7.14. The Kier molecular flexibility index (Phi) is 3.11. The Labute approximate surface area is 76.7 Å². The molecule has 1 aliphatic rings. The zero-order chi connectivity index (χ0) is 8.43. The van der Waals surface area contributed by atoms with E-state index in [0.717, 1.165) is 6.42 Å². The van der Waals surface area contributed by atoms with Crippen LogP contribution in [0.25, 0.3) is 0 Å². The van der Waals surface area contributed by atoms with E-state index >= 15 is 0 Å². The highest BCUT2D eigenvalue weighted by atomic mass is 79.9. The molecule has 0 aromatic heterocycles. The highest BCUT2D eigenvalue weighted by molar-refractivity contribution is 9.10. The average Bonchev–Trinajstić information content (AvgIpc) is 2.05. The van der Waals surface area contributed by atoms with E-state index in [1.807, 2.05) is 0 Å². The summed E-state index contributed by atoms with van der Waals surface area (Å²) in [6, 6.07) is 0. The van der Waals surface area contributed by atoms with Crippen molar-refractivity contribution in [1.29, 1.82) is 0 Å². The highest BCUT2D eigenvalue weighted by Gasteiger charge is 2.27. The highest BCUT2D eigenvalue weighted by Crippen LogP contribution is 2.28. The fraction of sp³-hybridized carbons (Fsp3) is 0.889. The lowest BCUT2D eigenvalue weighted by molar-refractivity contribution is -0.119. The Morgan fingerprint density at radius 3 is 2.64 bits per heavy atom. The summed E-state index contributed by atoms with van der Waals surface area (Å²) in [6.45, 7) is 4.31. The molecule has 0 aromatic carbocycles. The van der Waals surface area contributed by atoms with E-state index < -0.39 is 0 Å². The topological polar surface area (TPSA) is 17.1 Å². The van der Waals surface area contributed by atoms with Crippen molar-refractivity contribution in [3.05, 3.63) is 0 Å². The third-order valence-electron chi connectivity index (χ3n) is 2.47. The predicted molar refractivity (Wildman–Crippen MR) is 49.9 cm³/mol. The Morgan fingerprint density at radius 1 is 1.36 bits per heavy atom. The van der Waals surface area contributed by atoms with Gasteiger partial charge in [0.1, 0.15) is 5.78 Å². The Hall–Kier alpha value is 0.150. The van der Waals surface area contributed by atoms with E-state index in [2.05, 4.69) is 29.8 Å². The van der Waals surface area contributed by atoms with Crippen LogP contribution in [0, 0.1) is 11.8 Å². The maximum atomic E-state index is 11.4. The van der Waals surface area contributed by atoms with E-state index in [0.29, 0.717) is 17.6 Å². The second-order valence-electron chi connectivity index (χ2n) is 3.73. The van der Waals surface area contributed by atoms with Crippen molar-refractivity contribution < 1.29 is 4.79 Å². The number of halogens is 1. The van der Waals surface area contributed by atoms with Crippen molar-refractivity contribution in [3.8, 4) is 0 Å². The molecule has 0 amide bonds. The number of carbonyl (C=O) groups excluding carboxylic acids is 1. The predicted octanol–water partition coefficient (Wildman–Crippen LogP) is 2.78. The molecule has 3 unspecified atom stereocenters. The molecule has 0 aromatic rings. The molecule has 1 saturated carbocycles. The van der Waals surface area contributed by atoms with Crippen LogP contribution in [0.3, 0.4) is 0 Å². The Morgan fingerprint density at radius 2 is 2.00 bits per heavy atom. The third kappa shape index (κ3) is 2.29. The SMILES string of the molecule is CC1CCC(C)C(Br)C(=O)C1. The van der Waals surface area contributed by atoms with Gasteiger partial charge in [-0.25, -0.2) is 0 Å². The van der Waals surface area contributed by atoms with E-state index in [1.54, 1.807) is 0 Å². The number of hydrogen-bond donors (Lipinski definition) is 0. The van der Waals surface area contributed by atoms with Gasteiger partial charge in [0.25, 0.3) is 0 Å². The maximum absolute atomic E-state index is 11.4. The minimum absolute atomic E-state index is 0.118. The van der Waals surface area contributed by atoms with Crippen LogP contribution in [-0.2, 0) is 4.79 Å². The van der Waals surface area contributed by atoms with E-state index in [1.165, 1.54) is 12.8 Å². The van der Waals surface area contributed by atoms with Crippen molar-refractivity contribution in [2.45, 2.75) is 37.9 Å². The summed E-state index contributed by atoms with van der Waals surface area (Å²) in [4.78, 5) is 11.5. The van der Waals surface area contributed by atoms with Gasteiger partial charge in [0, 0.05) is 6.42 Å². The minimum atomic E-state index is 0.118. The normalized spacial score (nSPS) is 40.3. The third-order valence-corrected chi connectivity index (χ3v) is 3.88. The van der Waals surface area contributed by atoms with Crippen LogP contribution in [-0.4, -0.2) is 10.6 Å². The number of Topliss-reactive ketones (excluding diaryl/α,β-unsaturated/α-hetero) is 1. The van der Waals surface area contributed by atoms with Crippen molar-refractivity contribution in [1.82, 2.24) is 0 Å². The van der Waals surface area contributed by atoms with Gasteiger partial charge in [0.15, 0.2) is 0 Å². The molecule has 2 heteroatoms. The lowest BCUT2D eigenvalue weighted by Crippen LogP contribution is -2.19. The molecule has 1 aliphatic carbocycles. The number of carbonyl (C=O) groups is 1. The van der Waals surface area contributed by atoms with Gasteiger partial charge in [0.05, 0.1) is 4.83 Å². The van der Waals surface area contributed by atoms with Crippen molar-refractivity contribution in [2.24, 2.45) is 11.8 Å². The zero-order valence-corrected chi connectivity index (χ0v) is 8.73. The van der Waals surface area contributed by atoms with E-state index in [9.17, 15) is 4.79 Å². The van der Waals surface area contributed by atoms with Gasteiger partial charge in [-0.15, -0.1) is 0 Å². The second-order valence-corrected chi connectivity index (χ2v) is 4.72. The van der Waals surface area contributed by atoms with Crippen LogP contribution in [0.2, 0.25) is 0 Å². The molecule has 0 spiro atoms. The first-order chi connectivity index (χ1) is 5.11. The first kappa shape index (κ1) is 9.24. The standard InChI is InChI=1S/C9H15BrO/c1-6-3-4-7(2)9(10)8(11)5-6/h6-7,9H,3-5H2,1-2H3. The van der Waals surface area contributed by atoms with Crippen LogP contribution in [0.1, 0.15) is 33.1 Å². The molecule has 0 bridgehead atoms. The summed E-state index contributed by atoms with van der Waals surface area (Å²) in [5, 5.41) is 0. The first-order valence-electron chi connectivity index (χ1n) is 4.28. The second kappa shape index (κ2) is 3.70. The van der Waals surface area contributed by atoms with Crippen molar-refractivity contribution in [2.75, 3.05) is 0 Å². The molecule has 3 atom stereocenters. The summed E-state index contributed by atoms with van der Waals surface area (Å²) in [5.41, 5.74) is 0.